The highest BCUT2D eigenvalue weighted by molar-refractivity contribution is 8.00. The van der Waals surface area contributed by atoms with Gasteiger partial charge in [-0.15, -0.1) is 10.2 Å². The van der Waals surface area contributed by atoms with Gasteiger partial charge in [-0.3, -0.25) is 14.5 Å². The van der Waals surface area contributed by atoms with E-state index in [0.29, 0.717) is 21.4 Å². The molecule has 2 heterocycles. The molecule has 1 N–H and O–H groups in total. The topological polar surface area (TPSA) is 92.6 Å². The molecule has 5 aromatic rings. The van der Waals surface area contributed by atoms with Gasteiger partial charge in [0.2, 0.25) is 5.13 Å². The quantitative estimate of drug-likeness (QED) is 0.110. The molecule has 6 rings (SSSR count). The molecular weight excluding hydrogens is 567 g/mol. The number of hydrogen-bond donors (Lipinski definition) is 1. The third-order valence-corrected chi connectivity index (χ3v) is 9.05. The smallest absolute Gasteiger partial charge is 0.296 e. The summed E-state index contributed by atoms with van der Waals surface area (Å²) in [6.45, 7) is 0. The van der Waals surface area contributed by atoms with Gasteiger partial charge in [-0.1, -0.05) is 114 Å². The van der Waals surface area contributed by atoms with Crippen molar-refractivity contribution >= 4 is 56.8 Å². The Morgan fingerprint density at radius 1 is 1.00 bits per heavy atom. The fraction of sp³-hybridized carbons (Fsp3) is 0.0909. The monoisotopic (exact) mass is 591 g/mol. The Kier molecular flexibility index (Phi) is 7.85. The number of amides is 1. The van der Waals surface area contributed by atoms with Crippen LogP contribution in [0, 0.1) is 0 Å². The molecule has 1 aliphatic rings. The average molecular weight is 592 g/mol. The van der Waals surface area contributed by atoms with Gasteiger partial charge < -0.3 is 9.84 Å². The van der Waals surface area contributed by atoms with Crippen molar-refractivity contribution < 1.29 is 19.4 Å². The van der Waals surface area contributed by atoms with Crippen molar-refractivity contribution in [1.82, 2.24) is 10.2 Å². The second kappa shape index (κ2) is 12.0. The number of ether oxygens (including phenoxy) is 1. The van der Waals surface area contributed by atoms with Crippen molar-refractivity contribution in [2.45, 2.75) is 16.1 Å². The molecule has 4 aromatic carbocycles. The van der Waals surface area contributed by atoms with Gasteiger partial charge in [0, 0.05) is 5.75 Å². The molecule has 0 saturated carbocycles. The van der Waals surface area contributed by atoms with Crippen LogP contribution in [0.3, 0.4) is 0 Å². The third-order valence-electron chi connectivity index (χ3n) is 6.94. The van der Waals surface area contributed by atoms with Crippen LogP contribution in [-0.4, -0.2) is 34.1 Å². The zero-order valence-corrected chi connectivity index (χ0v) is 24.1. The Balaban J connectivity index is 1.32. The number of methoxy groups -OCH3 is 1. The van der Waals surface area contributed by atoms with E-state index in [4.69, 9.17) is 4.74 Å². The van der Waals surface area contributed by atoms with Crippen LogP contribution in [0.15, 0.2) is 119 Å². The Hall–Kier alpha value is -4.73. The minimum atomic E-state index is -0.913. The maximum atomic E-state index is 13.5. The number of aliphatic hydroxyl groups excluding tert-OH is 1. The number of carbonyl (C=O) groups is 2. The molecule has 0 spiro atoms. The normalized spacial score (nSPS) is 15.2. The highest BCUT2D eigenvalue weighted by Gasteiger charge is 2.45. The first-order valence-electron chi connectivity index (χ1n) is 13.1. The summed E-state index contributed by atoms with van der Waals surface area (Å²) in [7, 11) is 1.54. The minimum Gasteiger partial charge on any atom is -0.503 e. The molecule has 208 valence electrons. The highest BCUT2D eigenvalue weighted by atomic mass is 32.2. The lowest BCUT2D eigenvalue weighted by Crippen LogP contribution is -2.30. The molecule has 42 heavy (non-hydrogen) atoms. The standard InChI is InChI=1S/C33H25N3O4S2/c1-40-25-15-8-13-23(19-25)29-28(27(37)18-17-21-9-3-2-4-10-21)30(38)31(39)36(29)32-34-35-33(42-32)41-20-24-14-7-12-22-11-5-6-16-26(22)24/h2-19,29,38H,20H2,1H3. The van der Waals surface area contributed by atoms with E-state index in [2.05, 4.69) is 34.5 Å². The first kappa shape index (κ1) is 27.4. The van der Waals surface area contributed by atoms with E-state index >= 15 is 0 Å². The predicted molar refractivity (Wildman–Crippen MR) is 167 cm³/mol. The van der Waals surface area contributed by atoms with Crippen LogP contribution in [0.4, 0.5) is 5.13 Å². The van der Waals surface area contributed by atoms with Crippen molar-refractivity contribution in [3.63, 3.8) is 0 Å². The van der Waals surface area contributed by atoms with Gasteiger partial charge in [0.15, 0.2) is 15.9 Å². The van der Waals surface area contributed by atoms with Crippen LogP contribution >= 0.6 is 23.1 Å². The predicted octanol–water partition coefficient (Wildman–Crippen LogP) is 7.17. The number of thioether (sulfide) groups is 1. The summed E-state index contributed by atoms with van der Waals surface area (Å²) in [5, 5.41) is 22.3. The van der Waals surface area contributed by atoms with Gasteiger partial charge in [-0.2, -0.15) is 0 Å². The molecule has 1 aliphatic heterocycles. The molecule has 1 aromatic heterocycles. The van der Waals surface area contributed by atoms with E-state index in [0.717, 1.165) is 10.9 Å². The fourth-order valence-corrected chi connectivity index (χ4v) is 6.79. The maximum Gasteiger partial charge on any atom is 0.296 e. The Bertz CT molecular complexity index is 1840. The second-order valence-electron chi connectivity index (χ2n) is 9.50. The number of hydrogen-bond acceptors (Lipinski definition) is 8. The molecule has 0 radical (unpaired) electrons. The van der Waals surface area contributed by atoms with Crippen molar-refractivity contribution in [2.24, 2.45) is 0 Å². The SMILES string of the molecule is COc1cccc(C2C(C(=O)C=Cc3ccccc3)=C(O)C(=O)N2c2nnc(SCc3cccc4ccccc34)s2)c1. The molecule has 7 nitrogen and oxygen atoms in total. The number of anilines is 1. The van der Waals surface area contributed by atoms with Gasteiger partial charge in [0.25, 0.3) is 5.91 Å². The lowest BCUT2D eigenvalue weighted by molar-refractivity contribution is -0.117. The van der Waals surface area contributed by atoms with Crippen LogP contribution < -0.4 is 9.64 Å². The molecular formula is C33H25N3O4S2. The maximum absolute atomic E-state index is 13.5. The summed E-state index contributed by atoms with van der Waals surface area (Å²) in [6.07, 6.45) is 3.03. The van der Waals surface area contributed by atoms with E-state index in [-0.39, 0.29) is 10.7 Å². The van der Waals surface area contributed by atoms with Gasteiger partial charge in [-0.05, 0) is 45.7 Å². The first-order valence-corrected chi connectivity index (χ1v) is 14.9. The highest BCUT2D eigenvalue weighted by Crippen LogP contribution is 2.44. The minimum absolute atomic E-state index is 0.0272. The van der Waals surface area contributed by atoms with Crippen molar-refractivity contribution in [2.75, 3.05) is 12.0 Å². The molecule has 0 saturated heterocycles. The van der Waals surface area contributed by atoms with Crippen molar-refractivity contribution in [3.05, 3.63) is 131 Å². The van der Waals surface area contributed by atoms with Crippen LogP contribution in [0.25, 0.3) is 16.8 Å². The van der Waals surface area contributed by atoms with Crippen LogP contribution in [0.5, 0.6) is 5.75 Å². The number of aromatic nitrogens is 2. The summed E-state index contributed by atoms with van der Waals surface area (Å²) in [6, 6.07) is 29.9. The lowest BCUT2D eigenvalue weighted by atomic mass is 9.95. The number of ketones is 1. The van der Waals surface area contributed by atoms with Crippen molar-refractivity contribution in [3.8, 4) is 5.75 Å². The summed E-state index contributed by atoms with van der Waals surface area (Å²) in [5.41, 5.74) is 2.56. The fourth-order valence-electron chi connectivity index (χ4n) is 4.92. The molecule has 1 atom stereocenters. The van der Waals surface area contributed by atoms with Crippen LogP contribution in [0.1, 0.15) is 22.7 Å². The van der Waals surface area contributed by atoms with Gasteiger partial charge >= 0.3 is 0 Å². The lowest BCUT2D eigenvalue weighted by Gasteiger charge is -2.24. The summed E-state index contributed by atoms with van der Waals surface area (Å²) in [4.78, 5) is 28.4. The Labute approximate surface area is 250 Å². The summed E-state index contributed by atoms with van der Waals surface area (Å²) in [5.74, 6) is -0.566. The van der Waals surface area contributed by atoms with E-state index < -0.39 is 23.5 Å². The number of allylic oxidation sites excluding steroid dienone is 1. The van der Waals surface area contributed by atoms with Gasteiger partial charge in [0.1, 0.15) is 5.75 Å². The molecule has 1 amide bonds. The zero-order valence-electron chi connectivity index (χ0n) is 22.5. The summed E-state index contributed by atoms with van der Waals surface area (Å²) >= 11 is 2.76. The molecule has 0 bridgehead atoms. The number of carbonyl (C=O) groups excluding carboxylic acids is 2. The Morgan fingerprint density at radius 3 is 2.60 bits per heavy atom. The van der Waals surface area contributed by atoms with Gasteiger partial charge in [-0.25, -0.2) is 0 Å². The molecule has 1 unspecified atom stereocenters. The molecule has 9 heteroatoms. The number of fused-ring (bicyclic) bond motifs is 1. The summed E-state index contributed by atoms with van der Waals surface area (Å²) < 4.78 is 6.07. The third kappa shape index (κ3) is 5.44. The van der Waals surface area contributed by atoms with Crippen molar-refractivity contribution in [1.29, 1.82) is 0 Å². The number of aliphatic hydroxyl groups is 1. The number of rotatable bonds is 9. The number of nitrogens with zero attached hydrogens (tertiary/aromatic N) is 3. The van der Waals surface area contributed by atoms with E-state index in [9.17, 15) is 14.7 Å². The van der Waals surface area contributed by atoms with E-state index in [1.54, 1.807) is 37.5 Å². The first-order chi connectivity index (χ1) is 20.5. The molecule has 0 fully saturated rings. The number of benzene rings is 4. The average Bonchev–Trinajstić information content (AvgIpc) is 3.61. The zero-order chi connectivity index (χ0) is 29.1. The molecule has 0 aliphatic carbocycles. The van der Waals surface area contributed by atoms with Crippen LogP contribution in [0.2, 0.25) is 0 Å². The van der Waals surface area contributed by atoms with E-state index in [1.807, 2.05) is 48.5 Å². The largest absolute Gasteiger partial charge is 0.503 e. The van der Waals surface area contributed by atoms with Gasteiger partial charge in [0.05, 0.1) is 18.7 Å². The van der Waals surface area contributed by atoms with E-state index in [1.165, 1.54) is 45.0 Å². The van der Waals surface area contributed by atoms with Crippen LogP contribution in [-0.2, 0) is 15.3 Å². The Morgan fingerprint density at radius 2 is 1.76 bits per heavy atom. The second-order valence-corrected chi connectivity index (χ2v) is 11.7.